The standard InChI is InChI=1S/C27H25N5O3/c28-27-30-22-11-10-18(23(26(34)35)29-13-12-17-6-2-1-3-7-17)14-21(22)24(31-27)25(33)32-15-19-8-4-5-9-20(19)16-32/h1-11,14,23,29H,12-13,15-16H2,(H,34,35)(H2,28,30,31). The Labute approximate surface area is 202 Å². The van der Waals surface area contributed by atoms with Crippen LogP contribution in [0, 0.1) is 0 Å². The summed E-state index contributed by atoms with van der Waals surface area (Å²) in [7, 11) is 0. The van der Waals surface area contributed by atoms with Gasteiger partial charge < -0.3 is 21.1 Å². The summed E-state index contributed by atoms with van der Waals surface area (Å²) in [6, 6.07) is 21.9. The molecular weight excluding hydrogens is 442 g/mol. The molecule has 3 aromatic carbocycles. The predicted octanol–water partition coefficient (Wildman–Crippen LogP) is 3.33. The predicted molar refractivity (Wildman–Crippen MR) is 132 cm³/mol. The van der Waals surface area contributed by atoms with E-state index in [1.807, 2.05) is 54.6 Å². The van der Waals surface area contributed by atoms with Crippen molar-refractivity contribution in [3.63, 3.8) is 0 Å². The molecule has 1 amide bonds. The minimum Gasteiger partial charge on any atom is -0.480 e. The lowest BCUT2D eigenvalue weighted by molar-refractivity contribution is -0.139. The van der Waals surface area contributed by atoms with Gasteiger partial charge in [0.05, 0.1) is 5.52 Å². The van der Waals surface area contributed by atoms with Crippen LogP contribution in [0.15, 0.2) is 72.8 Å². The number of carbonyl (C=O) groups excluding carboxylic acids is 1. The lowest BCUT2D eigenvalue weighted by Gasteiger charge is -2.18. The summed E-state index contributed by atoms with van der Waals surface area (Å²) in [5, 5.41) is 13.5. The van der Waals surface area contributed by atoms with Gasteiger partial charge in [-0.2, -0.15) is 0 Å². The lowest BCUT2D eigenvalue weighted by Crippen LogP contribution is -2.30. The summed E-state index contributed by atoms with van der Waals surface area (Å²) in [4.78, 5) is 35.8. The van der Waals surface area contributed by atoms with Gasteiger partial charge in [-0.25, -0.2) is 9.97 Å². The highest BCUT2D eigenvalue weighted by Gasteiger charge is 2.28. The fourth-order valence-corrected chi connectivity index (χ4v) is 4.49. The molecule has 1 aliphatic rings. The fourth-order valence-electron chi connectivity index (χ4n) is 4.49. The van der Waals surface area contributed by atoms with E-state index >= 15 is 0 Å². The van der Waals surface area contributed by atoms with E-state index in [4.69, 9.17) is 5.73 Å². The molecule has 1 aromatic heterocycles. The molecule has 0 spiro atoms. The zero-order valence-corrected chi connectivity index (χ0v) is 19.0. The number of hydrogen-bond acceptors (Lipinski definition) is 6. The van der Waals surface area contributed by atoms with Gasteiger partial charge in [-0.3, -0.25) is 9.59 Å². The molecule has 0 fully saturated rings. The van der Waals surface area contributed by atoms with Crippen LogP contribution < -0.4 is 11.1 Å². The minimum absolute atomic E-state index is 0.00100. The van der Waals surface area contributed by atoms with Crippen LogP contribution in [0.25, 0.3) is 10.9 Å². The van der Waals surface area contributed by atoms with Crippen LogP contribution >= 0.6 is 0 Å². The summed E-state index contributed by atoms with van der Waals surface area (Å²) >= 11 is 0. The minimum atomic E-state index is -1.00. The quantitative estimate of drug-likeness (QED) is 0.381. The fraction of sp³-hybridized carbons (Fsp3) is 0.185. The summed E-state index contributed by atoms with van der Waals surface area (Å²) in [6.45, 7) is 1.45. The van der Waals surface area contributed by atoms with Crippen LogP contribution in [0.3, 0.4) is 0 Å². The number of carboxylic acids is 1. The molecule has 0 radical (unpaired) electrons. The van der Waals surface area contributed by atoms with Gasteiger partial charge in [-0.15, -0.1) is 0 Å². The Balaban J connectivity index is 1.43. The highest BCUT2D eigenvalue weighted by molar-refractivity contribution is 6.05. The third-order valence-electron chi connectivity index (χ3n) is 6.25. The number of carboxylic acid groups (broad SMARTS) is 1. The number of aromatic nitrogens is 2. The maximum Gasteiger partial charge on any atom is 0.325 e. The third-order valence-corrected chi connectivity index (χ3v) is 6.25. The average Bonchev–Trinajstić information content (AvgIpc) is 3.30. The second kappa shape index (κ2) is 9.52. The zero-order chi connectivity index (χ0) is 24.4. The molecule has 1 atom stereocenters. The van der Waals surface area contributed by atoms with Crippen LogP contribution in [-0.4, -0.2) is 38.4 Å². The van der Waals surface area contributed by atoms with E-state index in [9.17, 15) is 14.7 Å². The molecule has 4 aromatic rings. The van der Waals surface area contributed by atoms with E-state index in [1.54, 1.807) is 23.1 Å². The summed E-state index contributed by atoms with van der Waals surface area (Å²) in [6.07, 6.45) is 0.692. The van der Waals surface area contributed by atoms with Crippen molar-refractivity contribution in [2.75, 3.05) is 12.3 Å². The second-order valence-electron chi connectivity index (χ2n) is 8.60. The molecule has 5 rings (SSSR count). The van der Waals surface area contributed by atoms with E-state index in [1.165, 1.54) is 0 Å². The molecule has 0 bridgehead atoms. The van der Waals surface area contributed by atoms with Gasteiger partial charge >= 0.3 is 5.97 Å². The molecule has 0 saturated carbocycles. The Hall–Kier alpha value is -4.30. The molecule has 0 saturated heterocycles. The Morgan fingerprint density at radius 3 is 2.34 bits per heavy atom. The lowest BCUT2D eigenvalue weighted by atomic mass is 10.0. The van der Waals surface area contributed by atoms with Gasteiger partial charge in [0.1, 0.15) is 11.7 Å². The Kier molecular flexibility index (Phi) is 6.12. The first kappa shape index (κ1) is 22.5. The number of aliphatic carboxylic acids is 1. The van der Waals surface area contributed by atoms with Crippen molar-refractivity contribution >= 4 is 28.7 Å². The number of carbonyl (C=O) groups is 2. The number of nitrogens with zero attached hydrogens (tertiary/aromatic N) is 3. The van der Waals surface area contributed by atoms with Gasteiger partial charge in [-0.05, 0) is 40.8 Å². The Morgan fingerprint density at radius 1 is 0.971 bits per heavy atom. The van der Waals surface area contributed by atoms with Gasteiger partial charge in [0.25, 0.3) is 5.91 Å². The highest BCUT2D eigenvalue weighted by Crippen LogP contribution is 2.28. The molecule has 0 aliphatic carbocycles. The molecule has 4 N–H and O–H groups in total. The van der Waals surface area contributed by atoms with Gasteiger partial charge in [0.2, 0.25) is 5.95 Å². The molecule has 1 unspecified atom stereocenters. The summed E-state index contributed by atoms with van der Waals surface area (Å²) in [5.41, 5.74) is 10.4. The van der Waals surface area contributed by atoms with E-state index in [2.05, 4.69) is 15.3 Å². The van der Waals surface area contributed by atoms with E-state index in [0.29, 0.717) is 42.5 Å². The maximum absolute atomic E-state index is 13.5. The van der Waals surface area contributed by atoms with Crippen LogP contribution in [0.1, 0.15) is 38.8 Å². The monoisotopic (exact) mass is 467 g/mol. The normalized spacial score (nSPS) is 13.5. The zero-order valence-electron chi connectivity index (χ0n) is 19.0. The Morgan fingerprint density at radius 2 is 1.66 bits per heavy atom. The molecule has 8 nitrogen and oxygen atoms in total. The topological polar surface area (TPSA) is 121 Å². The van der Waals surface area contributed by atoms with Gasteiger partial charge in [0.15, 0.2) is 0 Å². The van der Waals surface area contributed by atoms with Crippen molar-refractivity contribution in [3.05, 3.63) is 101 Å². The number of nitrogens with two attached hydrogens (primary N) is 1. The number of benzene rings is 3. The number of anilines is 1. The molecule has 176 valence electrons. The molecular formula is C27H25N5O3. The van der Waals surface area contributed by atoms with Crippen molar-refractivity contribution in [2.24, 2.45) is 0 Å². The maximum atomic E-state index is 13.5. The van der Waals surface area contributed by atoms with Crippen LogP contribution in [0.2, 0.25) is 0 Å². The van der Waals surface area contributed by atoms with Gasteiger partial charge in [0, 0.05) is 25.0 Å². The van der Waals surface area contributed by atoms with Crippen molar-refractivity contribution in [3.8, 4) is 0 Å². The van der Waals surface area contributed by atoms with Crippen molar-refractivity contribution in [2.45, 2.75) is 25.6 Å². The first-order valence-electron chi connectivity index (χ1n) is 11.4. The van der Waals surface area contributed by atoms with E-state index in [0.717, 1.165) is 16.7 Å². The van der Waals surface area contributed by atoms with Gasteiger partial charge in [-0.1, -0.05) is 60.7 Å². The number of nitrogen functional groups attached to an aromatic ring is 1. The second-order valence-corrected chi connectivity index (χ2v) is 8.60. The Bertz CT molecular complexity index is 1380. The molecule has 8 heteroatoms. The first-order chi connectivity index (χ1) is 17.0. The molecule has 35 heavy (non-hydrogen) atoms. The highest BCUT2D eigenvalue weighted by atomic mass is 16.4. The number of hydrogen-bond donors (Lipinski definition) is 3. The van der Waals surface area contributed by atoms with Crippen molar-refractivity contribution in [1.82, 2.24) is 20.2 Å². The SMILES string of the molecule is Nc1nc(C(=O)N2Cc3ccccc3C2)c2cc(C(NCCc3ccccc3)C(=O)O)ccc2n1. The number of nitrogens with one attached hydrogen (secondary N) is 1. The van der Waals surface area contributed by atoms with Crippen molar-refractivity contribution < 1.29 is 14.7 Å². The average molecular weight is 468 g/mol. The smallest absolute Gasteiger partial charge is 0.325 e. The van der Waals surface area contributed by atoms with E-state index < -0.39 is 12.0 Å². The summed E-state index contributed by atoms with van der Waals surface area (Å²) in [5.74, 6) is -1.26. The van der Waals surface area contributed by atoms with Crippen molar-refractivity contribution in [1.29, 1.82) is 0 Å². The largest absolute Gasteiger partial charge is 0.480 e. The first-order valence-corrected chi connectivity index (χ1v) is 11.4. The summed E-state index contributed by atoms with van der Waals surface area (Å²) < 4.78 is 0. The molecule has 2 heterocycles. The van der Waals surface area contributed by atoms with Crippen LogP contribution in [-0.2, 0) is 24.3 Å². The van der Waals surface area contributed by atoms with E-state index in [-0.39, 0.29) is 17.5 Å². The number of fused-ring (bicyclic) bond motifs is 2. The number of amides is 1. The number of rotatable bonds is 7. The van der Waals surface area contributed by atoms with Crippen LogP contribution in [0.4, 0.5) is 5.95 Å². The molecule has 1 aliphatic heterocycles. The third kappa shape index (κ3) is 4.69. The van der Waals surface area contributed by atoms with Crippen LogP contribution in [0.5, 0.6) is 0 Å².